The van der Waals surface area contributed by atoms with Gasteiger partial charge < -0.3 is 5.32 Å². The van der Waals surface area contributed by atoms with Gasteiger partial charge in [0.1, 0.15) is 0 Å². The molecule has 23 heavy (non-hydrogen) atoms. The highest BCUT2D eigenvalue weighted by Crippen LogP contribution is 2.24. The molecule has 0 saturated heterocycles. The van der Waals surface area contributed by atoms with E-state index in [9.17, 15) is 13.2 Å². The monoisotopic (exact) mass is 352 g/mol. The van der Waals surface area contributed by atoms with Crippen molar-refractivity contribution in [3.8, 4) is 0 Å². The Bertz CT molecular complexity index is 835. The molecular formula is C16H17ClN2O3S. The highest BCUT2D eigenvalue weighted by atomic mass is 35.5. The molecule has 0 saturated carbocycles. The van der Waals surface area contributed by atoms with Crippen molar-refractivity contribution in [3.05, 3.63) is 58.6 Å². The van der Waals surface area contributed by atoms with E-state index >= 15 is 0 Å². The maximum absolute atomic E-state index is 12.5. The summed E-state index contributed by atoms with van der Waals surface area (Å²) in [5, 5.41) is 2.96. The SMILES string of the molecule is CCNC(=O)c1cc(S(=O)(=O)Nc2ccccc2Cl)ccc1C. The first-order valence-corrected chi connectivity index (χ1v) is 8.87. The number of anilines is 1. The first-order valence-electron chi connectivity index (χ1n) is 7.01. The fourth-order valence-corrected chi connectivity index (χ4v) is 3.36. The molecule has 0 aliphatic carbocycles. The van der Waals surface area contributed by atoms with E-state index in [1.54, 1.807) is 44.2 Å². The molecule has 7 heteroatoms. The molecule has 2 aromatic carbocycles. The minimum absolute atomic E-state index is 0.00396. The number of nitrogens with one attached hydrogen (secondary N) is 2. The van der Waals surface area contributed by atoms with Crippen LogP contribution in [0.5, 0.6) is 0 Å². The van der Waals surface area contributed by atoms with Gasteiger partial charge >= 0.3 is 0 Å². The van der Waals surface area contributed by atoms with Crippen molar-refractivity contribution in [1.82, 2.24) is 5.32 Å². The van der Waals surface area contributed by atoms with Crippen LogP contribution in [-0.4, -0.2) is 20.9 Å². The molecule has 0 spiro atoms. The van der Waals surface area contributed by atoms with Gasteiger partial charge in [0, 0.05) is 12.1 Å². The second kappa shape index (κ2) is 7.02. The highest BCUT2D eigenvalue weighted by molar-refractivity contribution is 7.92. The van der Waals surface area contributed by atoms with E-state index < -0.39 is 10.0 Å². The van der Waals surface area contributed by atoms with E-state index in [0.29, 0.717) is 22.7 Å². The van der Waals surface area contributed by atoms with Crippen LogP contribution < -0.4 is 10.0 Å². The quantitative estimate of drug-likeness (QED) is 0.867. The van der Waals surface area contributed by atoms with E-state index in [1.807, 2.05) is 0 Å². The molecule has 0 radical (unpaired) electrons. The first-order chi connectivity index (χ1) is 10.8. The third-order valence-corrected chi connectivity index (χ3v) is 4.91. The standard InChI is InChI=1S/C16H17ClN2O3S/c1-3-18-16(20)13-10-12(9-8-11(13)2)23(21,22)19-15-7-5-4-6-14(15)17/h4-10,19H,3H2,1-2H3,(H,18,20). The van der Waals surface area contributed by atoms with Gasteiger partial charge in [-0.15, -0.1) is 0 Å². The van der Waals surface area contributed by atoms with Crippen LogP contribution in [0.1, 0.15) is 22.8 Å². The van der Waals surface area contributed by atoms with Crippen molar-refractivity contribution in [2.45, 2.75) is 18.7 Å². The van der Waals surface area contributed by atoms with Crippen LogP contribution in [0.25, 0.3) is 0 Å². The summed E-state index contributed by atoms with van der Waals surface area (Å²) >= 11 is 5.97. The predicted molar refractivity (Wildman–Crippen MR) is 91.4 cm³/mol. The Kier molecular flexibility index (Phi) is 5.28. The van der Waals surface area contributed by atoms with Crippen LogP contribution in [0.15, 0.2) is 47.4 Å². The van der Waals surface area contributed by atoms with E-state index in [0.717, 1.165) is 0 Å². The van der Waals surface area contributed by atoms with Crippen LogP contribution in [-0.2, 0) is 10.0 Å². The van der Waals surface area contributed by atoms with Gasteiger partial charge in [0.05, 0.1) is 15.6 Å². The third kappa shape index (κ3) is 4.03. The molecule has 0 fully saturated rings. The molecule has 2 aromatic rings. The Labute approximate surface area is 140 Å². The summed E-state index contributed by atoms with van der Waals surface area (Å²) < 4.78 is 27.4. The van der Waals surface area contributed by atoms with Gasteiger partial charge in [-0.1, -0.05) is 29.8 Å². The van der Waals surface area contributed by atoms with Gasteiger partial charge in [-0.25, -0.2) is 8.42 Å². The van der Waals surface area contributed by atoms with Gasteiger partial charge in [-0.2, -0.15) is 0 Å². The van der Waals surface area contributed by atoms with Crippen molar-refractivity contribution in [2.75, 3.05) is 11.3 Å². The first kappa shape index (κ1) is 17.3. The summed E-state index contributed by atoms with van der Waals surface area (Å²) in [6.45, 7) is 4.02. The lowest BCUT2D eigenvalue weighted by Gasteiger charge is -2.12. The number of amides is 1. The Hall–Kier alpha value is -2.05. The van der Waals surface area contributed by atoms with Crippen LogP contribution in [0.3, 0.4) is 0 Å². The molecule has 0 aliphatic rings. The van der Waals surface area contributed by atoms with Crippen molar-refractivity contribution < 1.29 is 13.2 Å². The highest BCUT2D eigenvalue weighted by Gasteiger charge is 2.18. The van der Waals surface area contributed by atoms with Gasteiger partial charge in [0.2, 0.25) is 0 Å². The Morgan fingerprint density at radius 3 is 2.52 bits per heavy atom. The molecule has 2 rings (SSSR count). The number of rotatable bonds is 5. The molecule has 0 aromatic heterocycles. The van der Waals surface area contributed by atoms with Crippen molar-refractivity contribution in [3.63, 3.8) is 0 Å². The summed E-state index contributed by atoms with van der Waals surface area (Å²) in [7, 11) is -3.84. The lowest BCUT2D eigenvalue weighted by molar-refractivity contribution is 0.0955. The van der Waals surface area contributed by atoms with E-state index in [2.05, 4.69) is 10.0 Å². The van der Waals surface area contributed by atoms with Gasteiger partial charge in [-0.05, 0) is 43.7 Å². The molecule has 0 bridgehead atoms. The van der Waals surface area contributed by atoms with Crippen molar-refractivity contribution in [2.24, 2.45) is 0 Å². The van der Waals surface area contributed by atoms with Crippen molar-refractivity contribution in [1.29, 1.82) is 0 Å². The number of hydrogen-bond acceptors (Lipinski definition) is 3. The zero-order valence-electron chi connectivity index (χ0n) is 12.8. The van der Waals surface area contributed by atoms with Gasteiger partial charge in [0.25, 0.3) is 15.9 Å². The summed E-state index contributed by atoms with van der Waals surface area (Å²) in [4.78, 5) is 12.0. The molecular weight excluding hydrogens is 336 g/mol. The Morgan fingerprint density at radius 2 is 1.87 bits per heavy atom. The molecule has 0 heterocycles. The third-order valence-electron chi connectivity index (χ3n) is 3.22. The average molecular weight is 353 g/mol. The van der Waals surface area contributed by atoms with Crippen LogP contribution in [0, 0.1) is 6.92 Å². The second-order valence-electron chi connectivity index (χ2n) is 4.92. The summed E-state index contributed by atoms with van der Waals surface area (Å²) in [6.07, 6.45) is 0. The van der Waals surface area contributed by atoms with Crippen LogP contribution in [0.4, 0.5) is 5.69 Å². The van der Waals surface area contributed by atoms with E-state index in [1.165, 1.54) is 12.1 Å². The molecule has 0 atom stereocenters. The molecule has 0 unspecified atom stereocenters. The zero-order valence-corrected chi connectivity index (χ0v) is 14.3. The van der Waals surface area contributed by atoms with E-state index in [4.69, 9.17) is 11.6 Å². The maximum Gasteiger partial charge on any atom is 0.261 e. The average Bonchev–Trinajstić information content (AvgIpc) is 2.50. The molecule has 1 amide bonds. The lowest BCUT2D eigenvalue weighted by Crippen LogP contribution is -2.24. The Balaban J connectivity index is 2.39. The number of benzene rings is 2. The van der Waals surface area contributed by atoms with Crippen LogP contribution >= 0.6 is 11.6 Å². The smallest absolute Gasteiger partial charge is 0.261 e. The largest absolute Gasteiger partial charge is 0.352 e. The van der Waals surface area contributed by atoms with Gasteiger partial charge in [0.15, 0.2) is 0 Å². The fourth-order valence-electron chi connectivity index (χ4n) is 2.02. The minimum Gasteiger partial charge on any atom is -0.352 e. The number of para-hydroxylation sites is 1. The second-order valence-corrected chi connectivity index (χ2v) is 7.01. The summed E-state index contributed by atoms with van der Waals surface area (Å²) in [5.41, 5.74) is 1.32. The summed E-state index contributed by atoms with van der Waals surface area (Å²) in [5.74, 6) is -0.306. The number of sulfonamides is 1. The minimum atomic E-state index is -3.84. The molecule has 122 valence electrons. The number of hydrogen-bond donors (Lipinski definition) is 2. The lowest BCUT2D eigenvalue weighted by atomic mass is 10.1. The predicted octanol–water partition coefficient (Wildman–Crippen LogP) is 3.20. The molecule has 5 nitrogen and oxygen atoms in total. The molecule has 0 aliphatic heterocycles. The number of halogens is 1. The normalized spacial score (nSPS) is 11.1. The zero-order chi connectivity index (χ0) is 17.0. The number of aryl methyl sites for hydroxylation is 1. The Morgan fingerprint density at radius 1 is 1.17 bits per heavy atom. The van der Waals surface area contributed by atoms with Crippen molar-refractivity contribution >= 4 is 33.2 Å². The van der Waals surface area contributed by atoms with Gasteiger partial charge in [-0.3, -0.25) is 9.52 Å². The maximum atomic E-state index is 12.5. The molecule has 2 N–H and O–H groups in total. The van der Waals surface area contributed by atoms with Crippen LogP contribution in [0.2, 0.25) is 5.02 Å². The summed E-state index contributed by atoms with van der Waals surface area (Å²) in [6, 6.07) is 11.0. The number of carbonyl (C=O) groups is 1. The van der Waals surface area contributed by atoms with E-state index in [-0.39, 0.29) is 16.5 Å². The topological polar surface area (TPSA) is 75.3 Å². The number of carbonyl (C=O) groups excluding carboxylic acids is 1. The fraction of sp³-hybridized carbons (Fsp3) is 0.188.